The van der Waals surface area contributed by atoms with Crippen LogP contribution in [0.1, 0.15) is 5.56 Å². The van der Waals surface area contributed by atoms with E-state index < -0.39 is 0 Å². The molecule has 94 valence electrons. The van der Waals surface area contributed by atoms with Gasteiger partial charge in [-0.3, -0.25) is 9.97 Å². The lowest BCUT2D eigenvalue weighted by atomic mass is 10.2. The number of anilines is 1. The average molecular weight is 270 g/mol. The van der Waals surface area contributed by atoms with Gasteiger partial charge in [-0.15, -0.1) is 0 Å². The van der Waals surface area contributed by atoms with Gasteiger partial charge in [-0.05, 0) is 35.9 Å². The highest BCUT2D eigenvalue weighted by Gasteiger charge is 2.04. The third kappa shape index (κ3) is 2.66. The van der Waals surface area contributed by atoms with Crippen molar-refractivity contribution >= 4 is 28.2 Å². The minimum atomic E-state index is 0.706. The Morgan fingerprint density at radius 3 is 2.74 bits per heavy atom. The number of hydrogen-bond donors (Lipinski definition) is 1. The fraction of sp³-hybridized carbons (Fsp3) is 0.0667. The highest BCUT2D eigenvalue weighted by molar-refractivity contribution is 6.31. The normalized spacial score (nSPS) is 10.6. The largest absolute Gasteiger partial charge is 0.379 e. The van der Waals surface area contributed by atoms with Crippen molar-refractivity contribution in [2.45, 2.75) is 6.54 Å². The van der Waals surface area contributed by atoms with E-state index in [2.05, 4.69) is 15.3 Å². The molecule has 0 fully saturated rings. The van der Waals surface area contributed by atoms with Crippen LogP contribution in [0.25, 0.3) is 10.9 Å². The van der Waals surface area contributed by atoms with Crippen LogP contribution in [0.15, 0.2) is 55.0 Å². The van der Waals surface area contributed by atoms with Crippen LogP contribution in [0.3, 0.4) is 0 Å². The van der Waals surface area contributed by atoms with E-state index in [0.717, 1.165) is 16.6 Å². The zero-order chi connectivity index (χ0) is 13.1. The molecule has 4 heteroatoms. The number of pyridine rings is 2. The van der Waals surface area contributed by atoms with Gasteiger partial charge in [0.25, 0.3) is 0 Å². The molecular weight excluding hydrogens is 258 g/mol. The van der Waals surface area contributed by atoms with Crippen LogP contribution >= 0.6 is 11.6 Å². The average Bonchev–Trinajstić information content (AvgIpc) is 2.45. The molecule has 0 amide bonds. The molecule has 3 aromatic rings. The third-order valence-electron chi connectivity index (χ3n) is 2.90. The molecule has 0 atom stereocenters. The fourth-order valence-corrected chi connectivity index (χ4v) is 2.22. The van der Waals surface area contributed by atoms with Crippen molar-refractivity contribution in [3.8, 4) is 0 Å². The van der Waals surface area contributed by atoms with E-state index in [4.69, 9.17) is 11.6 Å². The molecule has 0 aliphatic carbocycles. The van der Waals surface area contributed by atoms with Gasteiger partial charge >= 0.3 is 0 Å². The van der Waals surface area contributed by atoms with Gasteiger partial charge < -0.3 is 5.32 Å². The maximum Gasteiger partial charge on any atom is 0.0934 e. The number of fused-ring (bicyclic) bond motifs is 1. The Morgan fingerprint density at radius 2 is 1.89 bits per heavy atom. The number of rotatable bonds is 3. The van der Waals surface area contributed by atoms with Crippen molar-refractivity contribution in [2.24, 2.45) is 0 Å². The van der Waals surface area contributed by atoms with Crippen molar-refractivity contribution in [3.63, 3.8) is 0 Å². The molecular formula is C15H12ClN3. The number of nitrogens with one attached hydrogen (secondary N) is 1. The second kappa shape index (κ2) is 5.24. The Morgan fingerprint density at radius 1 is 1.05 bits per heavy atom. The molecule has 0 radical (unpaired) electrons. The first kappa shape index (κ1) is 11.9. The van der Waals surface area contributed by atoms with Gasteiger partial charge in [0.2, 0.25) is 0 Å². The molecule has 0 saturated heterocycles. The van der Waals surface area contributed by atoms with Crippen molar-refractivity contribution < 1.29 is 0 Å². The van der Waals surface area contributed by atoms with Crippen LogP contribution in [-0.4, -0.2) is 9.97 Å². The highest BCUT2D eigenvalue weighted by Crippen LogP contribution is 2.26. The van der Waals surface area contributed by atoms with E-state index in [1.807, 2.05) is 36.4 Å². The zero-order valence-electron chi connectivity index (χ0n) is 10.2. The minimum absolute atomic E-state index is 0.706. The number of aromatic nitrogens is 2. The van der Waals surface area contributed by atoms with Crippen LogP contribution in [0.5, 0.6) is 0 Å². The predicted octanol–water partition coefficient (Wildman–Crippen LogP) is 3.90. The summed E-state index contributed by atoms with van der Waals surface area (Å²) in [6.07, 6.45) is 5.35. The van der Waals surface area contributed by atoms with Gasteiger partial charge in [-0.1, -0.05) is 17.7 Å². The third-order valence-corrected chi connectivity index (χ3v) is 3.12. The fourth-order valence-electron chi connectivity index (χ4n) is 1.99. The lowest BCUT2D eigenvalue weighted by Crippen LogP contribution is -2.00. The maximum absolute atomic E-state index is 6.13. The molecule has 1 N–H and O–H groups in total. The predicted molar refractivity (Wildman–Crippen MR) is 78.3 cm³/mol. The second-order valence-electron chi connectivity index (χ2n) is 4.24. The lowest BCUT2D eigenvalue weighted by molar-refractivity contribution is 1.13. The molecule has 0 saturated carbocycles. The van der Waals surface area contributed by atoms with E-state index in [1.165, 1.54) is 5.56 Å². The molecule has 0 aliphatic heterocycles. The van der Waals surface area contributed by atoms with Gasteiger partial charge in [0.05, 0.1) is 11.2 Å². The first-order chi connectivity index (χ1) is 9.33. The Bertz CT molecular complexity index is 698. The van der Waals surface area contributed by atoms with Gasteiger partial charge in [0, 0.05) is 35.5 Å². The van der Waals surface area contributed by atoms with Crippen molar-refractivity contribution in [1.82, 2.24) is 9.97 Å². The Hall–Kier alpha value is -2.13. The van der Waals surface area contributed by atoms with Crippen molar-refractivity contribution in [3.05, 3.63) is 65.6 Å². The van der Waals surface area contributed by atoms with E-state index in [0.29, 0.717) is 11.6 Å². The van der Waals surface area contributed by atoms with Crippen molar-refractivity contribution in [2.75, 3.05) is 5.32 Å². The molecule has 2 aromatic heterocycles. The molecule has 3 nitrogen and oxygen atoms in total. The summed E-state index contributed by atoms with van der Waals surface area (Å²) < 4.78 is 0. The summed E-state index contributed by atoms with van der Waals surface area (Å²) >= 11 is 6.13. The van der Waals surface area contributed by atoms with Gasteiger partial charge in [0.1, 0.15) is 0 Å². The number of halogens is 1. The lowest BCUT2D eigenvalue weighted by Gasteiger charge is -2.09. The molecule has 0 unspecified atom stereocenters. The molecule has 2 heterocycles. The van der Waals surface area contributed by atoms with E-state index >= 15 is 0 Å². The van der Waals surface area contributed by atoms with Crippen LogP contribution in [-0.2, 0) is 6.54 Å². The maximum atomic E-state index is 6.13. The van der Waals surface area contributed by atoms with Crippen molar-refractivity contribution in [1.29, 1.82) is 0 Å². The highest BCUT2D eigenvalue weighted by atomic mass is 35.5. The van der Waals surface area contributed by atoms with Crippen LogP contribution in [0.2, 0.25) is 5.02 Å². The Balaban J connectivity index is 1.92. The smallest absolute Gasteiger partial charge is 0.0934 e. The quantitative estimate of drug-likeness (QED) is 0.784. The summed E-state index contributed by atoms with van der Waals surface area (Å²) in [5, 5.41) is 5.11. The van der Waals surface area contributed by atoms with Crippen LogP contribution in [0, 0.1) is 0 Å². The Kier molecular flexibility index (Phi) is 3.29. The van der Waals surface area contributed by atoms with Crippen LogP contribution in [0.4, 0.5) is 5.69 Å². The summed E-state index contributed by atoms with van der Waals surface area (Å²) in [4.78, 5) is 8.40. The minimum Gasteiger partial charge on any atom is -0.379 e. The summed E-state index contributed by atoms with van der Waals surface area (Å²) in [5.41, 5.74) is 3.04. The monoisotopic (exact) mass is 269 g/mol. The standard InChI is InChI=1S/C15H12ClN3/c16-13-8-12-2-1-5-18-15(12)14(9-13)19-10-11-3-6-17-7-4-11/h1-9,19H,10H2. The first-order valence-electron chi connectivity index (χ1n) is 6.00. The second-order valence-corrected chi connectivity index (χ2v) is 4.67. The van der Waals surface area contributed by atoms with Crippen LogP contribution < -0.4 is 5.32 Å². The molecule has 0 bridgehead atoms. The van der Waals surface area contributed by atoms with Gasteiger partial charge in [0.15, 0.2) is 0 Å². The Labute approximate surface area is 116 Å². The van der Waals surface area contributed by atoms with Gasteiger partial charge in [-0.25, -0.2) is 0 Å². The summed E-state index contributed by atoms with van der Waals surface area (Å²) in [5.74, 6) is 0. The number of benzene rings is 1. The van der Waals surface area contributed by atoms with E-state index in [9.17, 15) is 0 Å². The van der Waals surface area contributed by atoms with E-state index in [1.54, 1.807) is 18.6 Å². The SMILES string of the molecule is Clc1cc(NCc2ccncc2)c2ncccc2c1. The topological polar surface area (TPSA) is 37.8 Å². The number of hydrogen-bond acceptors (Lipinski definition) is 3. The summed E-state index contributed by atoms with van der Waals surface area (Å²) in [7, 11) is 0. The molecule has 19 heavy (non-hydrogen) atoms. The molecule has 0 spiro atoms. The summed E-state index contributed by atoms with van der Waals surface area (Å²) in [6, 6.07) is 11.7. The molecule has 3 rings (SSSR count). The first-order valence-corrected chi connectivity index (χ1v) is 6.38. The van der Waals surface area contributed by atoms with E-state index in [-0.39, 0.29) is 0 Å². The van der Waals surface area contributed by atoms with Gasteiger partial charge in [-0.2, -0.15) is 0 Å². The number of nitrogens with zero attached hydrogens (tertiary/aromatic N) is 2. The molecule has 0 aliphatic rings. The summed E-state index contributed by atoms with van der Waals surface area (Å²) in [6.45, 7) is 0.717. The zero-order valence-corrected chi connectivity index (χ0v) is 10.9. The molecule has 1 aromatic carbocycles.